The fourth-order valence-electron chi connectivity index (χ4n) is 7.43. The van der Waals surface area contributed by atoms with Crippen molar-refractivity contribution in [3.05, 3.63) is 219 Å². The number of aromatic nitrogens is 2. The topological polar surface area (TPSA) is 56.3 Å². The number of benzene rings is 4. The van der Waals surface area contributed by atoms with Crippen LogP contribution in [0.1, 0.15) is 50.7 Å². The highest BCUT2D eigenvalue weighted by Gasteiger charge is 2.29. The first-order valence-electron chi connectivity index (χ1n) is 17.2. The summed E-state index contributed by atoms with van der Waals surface area (Å²) >= 11 is 0. The van der Waals surface area contributed by atoms with Crippen LogP contribution in [0.3, 0.4) is 0 Å². The molecule has 0 fully saturated rings. The van der Waals surface area contributed by atoms with Crippen LogP contribution in [0.4, 0.5) is 0 Å². The number of hydrogen-bond acceptors (Lipinski definition) is 2. The summed E-state index contributed by atoms with van der Waals surface area (Å²) in [6.07, 6.45) is 8.78. The molecule has 3 aliphatic rings. The molecule has 0 radical (unpaired) electrons. The summed E-state index contributed by atoms with van der Waals surface area (Å²) in [6.45, 7) is 4.25. The van der Waals surface area contributed by atoms with E-state index in [0.717, 1.165) is 72.6 Å². The van der Waals surface area contributed by atoms with E-state index in [-0.39, 0.29) is 12.0 Å². The molecule has 0 saturated heterocycles. The van der Waals surface area contributed by atoms with E-state index in [2.05, 4.69) is 182 Å². The maximum absolute atomic E-state index is 5.50. The third-order valence-electron chi connectivity index (χ3n) is 9.93. The summed E-state index contributed by atoms with van der Waals surface area (Å²) in [4.78, 5) is 18.6. The van der Waals surface area contributed by atoms with E-state index in [1.807, 2.05) is 0 Å². The van der Waals surface area contributed by atoms with Gasteiger partial charge in [-0.15, -0.1) is 0 Å². The smallest absolute Gasteiger partial charge is 0.0814 e. The Morgan fingerprint density at radius 2 is 1.10 bits per heavy atom. The minimum atomic E-state index is -0.0976. The van der Waals surface area contributed by atoms with E-state index in [1.54, 1.807) is 0 Å². The van der Waals surface area contributed by atoms with Crippen LogP contribution in [0.2, 0.25) is 0 Å². The number of aliphatic imine (C=N–C) groups is 2. The molecular weight excluding hydrogens is 609 g/mol. The third kappa shape index (κ3) is 5.36. The number of H-pyrrole nitrogens is 2. The van der Waals surface area contributed by atoms with Crippen molar-refractivity contribution in [3.8, 4) is 0 Å². The molecule has 0 saturated carbocycles. The minimum absolute atomic E-state index is 0.00876. The zero-order chi connectivity index (χ0) is 33.6. The first-order valence-corrected chi connectivity index (χ1v) is 17.2. The maximum atomic E-state index is 5.50. The van der Waals surface area contributed by atoms with Crippen molar-refractivity contribution in [1.29, 1.82) is 0 Å². The lowest BCUT2D eigenvalue weighted by Crippen LogP contribution is -2.21. The van der Waals surface area contributed by atoms with Crippen LogP contribution in [-0.4, -0.2) is 27.4 Å². The van der Waals surface area contributed by atoms with Crippen LogP contribution < -0.4 is 10.7 Å². The Bertz CT molecular complexity index is 2520. The fraction of sp³-hybridized carbons (Fsp3) is 0.0870. The molecule has 4 heteroatoms. The van der Waals surface area contributed by atoms with Gasteiger partial charge in [0.25, 0.3) is 0 Å². The first-order chi connectivity index (χ1) is 24.6. The molecule has 50 heavy (non-hydrogen) atoms. The maximum Gasteiger partial charge on any atom is 0.0814 e. The highest BCUT2D eigenvalue weighted by atomic mass is 14.9. The standard InChI is InChI=1S/C46H36N4/c1-29-13-17-33(18-14-29)45-39-25-21-35(47-39)43(31-9-5-3-6-10-31)37-23-27-41(49-37)46(34-19-15-30(2)16-20-34)42-28-24-38(50-42)44(32-11-7-4-8-12-32)36-22-26-40(45)48-36/h3-28,35,43,48-49H,1-2H3/b44-36-,45-40-,46-42-. The number of hydrogen-bond donors (Lipinski definition) is 2. The molecular formula is C46H36N4. The van der Waals surface area contributed by atoms with Gasteiger partial charge in [-0.25, -0.2) is 4.99 Å². The normalized spacial score (nSPS) is 21.7. The van der Waals surface area contributed by atoms with Gasteiger partial charge in [-0.3, -0.25) is 4.99 Å². The van der Waals surface area contributed by atoms with Gasteiger partial charge in [-0.05, 0) is 78.6 Å². The zero-order valence-corrected chi connectivity index (χ0v) is 28.1. The highest BCUT2D eigenvalue weighted by Crippen LogP contribution is 2.37. The molecule has 6 aromatic rings. The van der Waals surface area contributed by atoms with E-state index < -0.39 is 0 Å². The average molecular weight is 645 g/mol. The summed E-state index contributed by atoms with van der Waals surface area (Å²) in [5.74, 6) is -0.00876. The largest absolute Gasteiger partial charge is 0.358 e. The van der Waals surface area contributed by atoms with Crippen LogP contribution in [0.15, 0.2) is 173 Å². The van der Waals surface area contributed by atoms with Gasteiger partial charge in [0, 0.05) is 38.8 Å². The van der Waals surface area contributed by atoms with Crippen molar-refractivity contribution >= 4 is 28.1 Å². The second-order valence-corrected chi connectivity index (χ2v) is 13.3. The molecule has 4 nitrogen and oxygen atoms in total. The molecule has 0 amide bonds. The van der Waals surface area contributed by atoms with Crippen molar-refractivity contribution in [1.82, 2.24) is 9.97 Å². The monoisotopic (exact) mass is 644 g/mol. The van der Waals surface area contributed by atoms with Gasteiger partial charge in [0.05, 0.1) is 29.1 Å². The van der Waals surface area contributed by atoms with Crippen LogP contribution in [0, 0.1) is 13.8 Å². The van der Waals surface area contributed by atoms with E-state index >= 15 is 0 Å². The first kappa shape index (κ1) is 29.8. The van der Waals surface area contributed by atoms with Gasteiger partial charge in [0.15, 0.2) is 0 Å². The lowest BCUT2D eigenvalue weighted by atomic mass is 9.89. The van der Waals surface area contributed by atoms with Gasteiger partial charge >= 0.3 is 0 Å². The lowest BCUT2D eigenvalue weighted by Gasteiger charge is -2.21. The van der Waals surface area contributed by atoms with Gasteiger partial charge < -0.3 is 9.97 Å². The van der Waals surface area contributed by atoms with E-state index in [4.69, 9.17) is 9.98 Å². The zero-order valence-electron chi connectivity index (χ0n) is 28.1. The van der Waals surface area contributed by atoms with Crippen LogP contribution in [0.5, 0.6) is 0 Å². The number of nitrogens with zero attached hydrogens (tertiary/aromatic N) is 2. The summed E-state index contributed by atoms with van der Waals surface area (Å²) in [6, 6.07) is 47.5. The molecule has 240 valence electrons. The third-order valence-corrected chi connectivity index (χ3v) is 9.93. The number of allylic oxidation sites excluding steroid dienone is 3. The summed E-state index contributed by atoms with van der Waals surface area (Å²) < 4.78 is 0. The van der Waals surface area contributed by atoms with Crippen LogP contribution >= 0.6 is 0 Å². The van der Waals surface area contributed by atoms with Crippen molar-refractivity contribution in [2.75, 3.05) is 0 Å². The number of fused-ring (bicyclic) bond motifs is 6. The molecule has 4 aromatic carbocycles. The van der Waals surface area contributed by atoms with Crippen molar-refractivity contribution < 1.29 is 0 Å². The second kappa shape index (κ2) is 12.3. The van der Waals surface area contributed by atoms with Crippen LogP contribution in [0.25, 0.3) is 16.7 Å². The Hall–Kier alpha value is -6.26. The van der Waals surface area contributed by atoms with Crippen molar-refractivity contribution in [2.45, 2.75) is 25.8 Å². The van der Waals surface area contributed by atoms with Gasteiger partial charge in [-0.1, -0.05) is 126 Å². The molecule has 2 atom stereocenters. The van der Waals surface area contributed by atoms with E-state index in [0.29, 0.717) is 0 Å². The summed E-state index contributed by atoms with van der Waals surface area (Å²) in [7, 11) is 0. The Labute approximate surface area is 292 Å². The number of nitrogens with one attached hydrogen (secondary N) is 2. The Morgan fingerprint density at radius 3 is 1.78 bits per heavy atom. The molecule has 0 spiro atoms. The Morgan fingerprint density at radius 1 is 0.500 bits per heavy atom. The molecule has 2 N–H and O–H groups in total. The van der Waals surface area contributed by atoms with Crippen molar-refractivity contribution in [3.63, 3.8) is 0 Å². The molecule has 3 aliphatic heterocycles. The Kier molecular flexibility index (Phi) is 7.35. The molecule has 9 rings (SSSR count). The number of aromatic amines is 2. The predicted molar refractivity (Wildman–Crippen MR) is 206 cm³/mol. The fourth-order valence-corrected chi connectivity index (χ4v) is 7.43. The van der Waals surface area contributed by atoms with E-state index in [1.165, 1.54) is 16.7 Å². The molecule has 0 aliphatic carbocycles. The second-order valence-electron chi connectivity index (χ2n) is 13.3. The molecule has 8 bridgehead atoms. The number of aryl methyl sites for hydroxylation is 2. The van der Waals surface area contributed by atoms with Gasteiger partial charge in [0.2, 0.25) is 0 Å². The summed E-state index contributed by atoms with van der Waals surface area (Å²) in [5.41, 5.74) is 15.2. The van der Waals surface area contributed by atoms with Crippen LogP contribution in [-0.2, 0) is 0 Å². The molecule has 2 unspecified atom stereocenters. The SMILES string of the molecule is Cc1ccc(/C2=C3\C=CC(=N3)/C(c3ccccc3)=c3/cc/c([nH]3)=C(\c3ccc(C)cc3)C3=NC(C=C3)C(c3ccccc3)c3ccc2[nH]3)cc1. The molecule has 2 aromatic heterocycles. The molecule has 5 heterocycles. The minimum Gasteiger partial charge on any atom is -0.358 e. The number of rotatable bonds is 4. The van der Waals surface area contributed by atoms with Gasteiger partial charge in [0.1, 0.15) is 0 Å². The Balaban J connectivity index is 1.38. The highest BCUT2D eigenvalue weighted by molar-refractivity contribution is 6.31. The summed E-state index contributed by atoms with van der Waals surface area (Å²) in [5, 5.41) is 2.03. The van der Waals surface area contributed by atoms with E-state index in [9.17, 15) is 0 Å². The quantitative estimate of drug-likeness (QED) is 0.194. The average Bonchev–Trinajstić information content (AvgIpc) is 3.98. The predicted octanol–water partition coefficient (Wildman–Crippen LogP) is 8.35. The van der Waals surface area contributed by atoms with Crippen molar-refractivity contribution in [2.24, 2.45) is 9.98 Å². The van der Waals surface area contributed by atoms with Gasteiger partial charge in [-0.2, -0.15) is 0 Å². The lowest BCUT2D eigenvalue weighted by molar-refractivity contribution is 0.695.